The van der Waals surface area contributed by atoms with Crippen molar-refractivity contribution in [3.05, 3.63) is 0 Å². The van der Waals surface area contributed by atoms with E-state index in [2.05, 4.69) is 13.8 Å². The van der Waals surface area contributed by atoms with Crippen LogP contribution in [0.3, 0.4) is 0 Å². The van der Waals surface area contributed by atoms with Crippen LogP contribution in [0.25, 0.3) is 0 Å². The second kappa shape index (κ2) is 10.6. The Labute approximate surface area is 135 Å². The number of rotatable bonds is 8. The first-order chi connectivity index (χ1) is 10.6. The zero-order chi connectivity index (χ0) is 16.4. The summed E-state index contributed by atoms with van der Waals surface area (Å²) >= 11 is 0. The number of amides is 1. The summed E-state index contributed by atoms with van der Waals surface area (Å²) in [5, 5.41) is 0. The number of nitrogens with zero attached hydrogens (tertiary/aromatic N) is 1. The third kappa shape index (κ3) is 5.98. The highest BCUT2D eigenvalue weighted by atomic mass is 16.5. The predicted octanol–water partition coefficient (Wildman–Crippen LogP) is 3.93. The number of ether oxygens (including phenoxy) is 1. The Kier molecular flexibility index (Phi) is 9.17. The predicted molar refractivity (Wildman–Crippen MR) is 88.5 cm³/mol. The molecule has 0 saturated heterocycles. The van der Waals surface area contributed by atoms with Crippen LogP contribution in [0.5, 0.6) is 0 Å². The molecule has 0 aromatic rings. The van der Waals surface area contributed by atoms with Crippen molar-refractivity contribution in [2.45, 2.75) is 84.6 Å². The van der Waals surface area contributed by atoms with Gasteiger partial charge in [0.15, 0.2) is 0 Å². The van der Waals surface area contributed by atoms with Crippen molar-refractivity contribution in [1.29, 1.82) is 0 Å². The van der Waals surface area contributed by atoms with Crippen molar-refractivity contribution < 1.29 is 14.3 Å². The van der Waals surface area contributed by atoms with E-state index in [-0.39, 0.29) is 17.8 Å². The van der Waals surface area contributed by atoms with E-state index in [1.165, 1.54) is 25.7 Å². The zero-order valence-corrected chi connectivity index (χ0v) is 14.6. The maximum Gasteiger partial charge on any atom is 0.307 e. The van der Waals surface area contributed by atoms with Gasteiger partial charge in [-0.05, 0) is 32.6 Å². The number of hydrogen-bond acceptors (Lipinski definition) is 3. The molecule has 0 unspecified atom stereocenters. The van der Waals surface area contributed by atoms with Crippen LogP contribution in [0.15, 0.2) is 0 Å². The molecule has 1 rings (SSSR count). The van der Waals surface area contributed by atoms with Gasteiger partial charge in [-0.1, -0.05) is 39.5 Å². The molecule has 0 atom stereocenters. The quantitative estimate of drug-likeness (QED) is 0.504. The highest BCUT2D eigenvalue weighted by Gasteiger charge is 2.28. The van der Waals surface area contributed by atoms with Crippen LogP contribution < -0.4 is 0 Å². The first-order valence-electron chi connectivity index (χ1n) is 9.10. The lowest BCUT2D eigenvalue weighted by molar-refractivity contribution is -0.145. The smallest absolute Gasteiger partial charge is 0.307 e. The summed E-state index contributed by atoms with van der Waals surface area (Å²) in [5.41, 5.74) is 0. The summed E-state index contributed by atoms with van der Waals surface area (Å²) in [4.78, 5) is 26.5. The number of carbonyl (C=O) groups excluding carboxylic acids is 2. The molecular formula is C18H33NO3. The Morgan fingerprint density at radius 1 is 1.05 bits per heavy atom. The monoisotopic (exact) mass is 311 g/mol. The molecule has 0 N–H and O–H groups in total. The zero-order valence-electron chi connectivity index (χ0n) is 14.6. The molecule has 0 aromatic heterocycles. The lowest BCUT2D eigenvalue weighted by Gasteiger charge is -2.33. The molecule has 1 fully saturated rings. The second-order valence-corrected chi connectivity index (χ2v) is 6.25. The van der Waals surface area contributed by atoms with Crippen molar-refractivity contribution in [3.8, 4) is 0 Å². The average molecular weight is 311 g/mol. The van der Waals surface area contributed by atoms with Crippen LogP contribution in [-0.4, -0.2) is 36.0 Å². The molecule has 0 aromatic carbocycles. The Bertz CT molecular complexity index is 331. The van der Waals surface area contributed by atoms with E-state index in [1.54, 1.807) is 0 Å². The van der Waals surface area contributed by atoms with Gasteiger partial charge in [0, 0.05) is 18.5 Å². The van der Waals surface area contributed by atoms with E-state index >= 15 is 0 Å². The summed E-state index contributed by atoms with van der Waals surface area (Å²) in [6.45, 7) is 6.88. The first kappa shape index (κ1) is 19.0. The van der Waals surface area contributed by atoms with E-state index in [0.717, 1.165) is 25.7 Å². The van der Waals surface area contributed by atoms with Crippen LogP contribution in [0, 0.1) is 5.92 Å². The lowest BCUT2D eigenvalue weighted by atomic mass is 9.98. The minimum Gasteiger partial charge on any atom is -0.466 e. The van der Waals surface area contributed by atoms with Crippen LogP contribution >= 0.6 is 0 Å². The lowest BCUT2D eigenvalue weighted by Crippen LogP contribution is -2.44. The minimum absolute atomic E-state index is 0.0884. The summed E-state index contributed by atoms with van der Waals surface area (Å²) in [6, 6.07) is 0.310. The van der Waals surface area contributed by atoms with E-state index in [1.807, 2.05) is 11.8 Å². The molecule has 4 heteroatoms. The Morgan fingerprint density at radius 3 is 2.14 bits per heavy atom. The maximum atomic E-state index is 12.9. The van der Waals surface area contributed by atoms with Gasteiger partial charge < -0.3 is 9.64 Å². The van der Waals surface area contributed by atoms with Crippen LogP contribution in [-0.2, 0) is 14.3 Å². The van der Waals surface area contributed by atoms with Crippen LogP contribution in [0.1, 0.15) is 78.6 Å². The molecule has 0 radical (unpaired) electrons. The Hall–Kier alpha value is -1.06. The fourth-order valence-electron chi connectivity index (χ4n) is 3.36. The average Bonchev–Trinajstić information content (AvgIpc) is 2.78. The molecular weight excluding hydrogens is 278 g/mol. The highest BCUT2D eigenvalue weighted by molar-refractivity contribution is 5.80. The van der Waals surface area contributed by atoms with Crippen LogP contribution in [0.2, 0.25) is 0 Å². The largest absolute Gasteiger partial charge is 0.466 e. The van der Waals surface area contributed by atoms with Gasteiger partial charge in [-0.2, -0.15) is 0 Å². The number of hydrogen-bond donors (Lipinski definition) is 0. The van der Waals surface area contributed by atoms with E-state index in [0.29, 0.717) is 25.6 Å². The van der Waals surface area contributed by atoms with Gasteiger partial charge in [-0.25, -0.2) is 0 Å². The molecule has 128 valence electrons. The SMILES string of the molecule is CCOC(=O)CCN(C(=O)C(CC)CC)C1CCCCCC1. The van der Waals surface area contributed by atoms with E-state index in [9.17, 15) is 9.59 Å². The second-order valence-electron chi connectivity index (χ2n) is 6.25. The molecule has 0 heterocycles. The fraction of sp³-hybridized carbons (Fsp3) is 0.889. The van der Waals surface area contributed by atoms with Crippen molar-refractivity contribution in [3.63, 3.8) is 0 Å². The maximum absolute atomic E-state index is 12.9. The van der Waals surface area contributed by atoms with Crippen molar-refractivity contribution in [2.24, 2.45) is 5.92 Å². The standard InChI is InChI=1S/C18H33NO3/c1-4-15(5-2)18(21)19(14-13-17(20)22-6-3)16-11-9-7-8-10-12-16/h15-16H,4-14H2,1-3H3. The topological polar surface area (TPSA) is 46.6 Å². The number of esters is 1. The van der Waals surface area contributed by atoms with E-state index in [4.69, 9.17) is 4.74 Å². The van der Waals surface area contributed by atoms with Gasteiger partial charge in [-0.15, -0.1) is 0 Å². The van der Waals surface area contributed by atoms with Crippen LogP contribution in [0.4, 0.5) is 0 Å². The normalized spacial score (nSPS) is 16.4. The number of carbonyl (C=O) groups is 2. The summed E-state index contributed by atoms with van der Waals surface area (Å²) in [5.74, 6) is 0.130. The third-order valence-corrected chi connectivity index (χ3v) is 4.75. The van der Waals surface area contributed by atoms with Crippen molar-refractivity contribution >= 4 is 11.9 Å². The van der Waals surface area contributed by atoms with Crippen molar-refractivity contribution in [2.75, 3.05) is 13.2 Å². The summed E-state index contributed by atoms with van der Waals surface area (Å²) in [7, 11) is 0. The third-order valence-electron chi connectivity index (χ3n) is 4.75. The molecule has 1 saturated carbocycles. The fourth-order valence-corrected chi connectivity index (χ4v) is 3.36. The molecule has 22 heavy (non-hydrogen) atoms. The van der Waals surface area contributed by atoms with Gasteiger partial charge in [0.1, 0.15) is 0 Å². The van der Waals surface area contributed by atoms with Gasteiger partial charge >= 0.3 is 5.97 Å². The van der Waals surface area contributed by atoms with Gasteiger partial charge in [0.05, 0.1) is 13.0 Å². The summed E-state index contributed by atoms with van der Waals surface area (Å²) < 4.78 is 5.02. The molecule has 0 bridgehead atoms. The molecule has 1 amide bonds. The first-order valence-corrected chi connectivity index (χ1v) is 9.10. The summed E-state index contributed by atoms with van der Waals surface area (Å²) in [6.07, 6.45) is 9.13. The Morgan fingerprint density at radius 2 is 1.64 bits per heavy atom. The molecule has 0 aliphatic heterocycles. The molecule has 1 aliphatic carbocycles. The highest BCUT2D eigenvalue weighted by Crippen LogP contribution is 2.25. The van der Waals surface area contributed by atoms with Gasteiger partial charge in [0.25, 0.3) is 0 Å². The van der Waals surface area contributed by atoms with Crippen molar-refractivity contribution in [1.82, 2.24) is 4.90 Å². The molecule has 4 nitrogen and oxygen atoms in total. The minimum atomic E-state index is -0.196. The van der Waals surface area contributed by atoms with E-state index < -0.39 is 0 Å². The molecule has 0 spiro atoms. The molecule has 1 aliphatic rings. The Balaban J connectivity index is 2.74. The van der Waals surface area contributed by atoms with Gasteiger partial charge in [-0.3, -0.25) is 9.59 Å². The van der Waals surface area contributed by atoms with Gasteiger partial charge in [0.2, 0.25) is 5.91 Å².